The van der Waals surface area contributed by atoms with Crippen molar-refractivity contribution in [3.63, 3.8) is 0 Å². The first-order valence-corrected chi connectivity index (χ1v) is 7.39. The predicted octanol–water partition coefficient (Wildman–Crippen LogP) is 1.36. The normalized spacial score (nSPS) is 15.1. The molecule has 0 aromatic rings. The van der Waals surface area contributed by atoms with Crippen LogP contribution < -0.4 is 5.32 Å². The highest BCUT2D eigenvalue weighted by atomic mass is 32.2. The number of aliphatic hydroxyl groups is 1. The number of aliphatic hydroxyl groups excluding tert-OH is 1. The van der Waals surface area contributed by atoms with Crippen LogP contribution in [-0.4, -0.2) is 46.2 Å². The second-order valence-corrected chi connectivity index (χ2v) is 6.31. The molecule has 5 heteroatoms. The summed E-state index contributed by atoms with van der Waals surface area (Å²) in [7, 11) is 0. The molecule has 0 saturated heterocycles. The van der Waals surface area contributed by atoms with E-state index in [0.29, 0.717) is 11.0 Å². The highest BCUT2D eigenvalue weighted by Gasteiger charge is 2.17. The van der Waals surface area contributed by atoms with Gasteiger partial charge in [0.15, 0.2) is 0 Å². The van der Waals surface area contributed by atoms with Gasteiger partial charge in [-0.05, 0) is 18.4 Å². The molecule has 0 bridgehead atoms. The standard InChI is InChI=1S/C10H21NO2S2/c1-7(2)15-6-10(13)11-8(3)9(5-12)14-4/h7-9,12H,5-6H2,1-4H3,(H,11,13). The van der Waals surface area contributed by atoms with Gasteiger partial charge in [0.1, 0.15) is 0 Å². The van der Waals surface area contributed by atoms with Gasteiger partial charge in [0, 0.05) is 11.3 Å². The molecule has 3 nitrogen and oxygen atoms in total. The third-order valence-electron chi connectivity index (χ3n) is 1.98. The fraction of sp³-hybridized carbons (Fsp3) is 0.900. The lowest BCUT2D eigenvalue weighted by atomic mass is 10.2. The average Bonchev–Trinajstić information content (AvgIpc) is 2.16. The first kappa shape index (κ1) is 15.1. The molecule has 0 radical (unpaired) electrons. The lowest BCUT2D eigenvalue weighted by Crippen LogP contribution is -2.42. The van der Waals surface area contributed by atoms with Crippen molar-refractivity contribution >= 4 is 29.4 Å². The Labute approximate surface area is 101 Å². The second kappa shape index (κ2) is 8.30. The zero-order chi connectivity index (χ0) is 11.8. The largest absolute Gasteiger partial charge is 0.395 e. The number of hydrogen-bond acceptors (Lipinski definition) is 4. The Balaban J connectivity index is 3.84. The molecule has 0 aromatic heterocycles. The van der Waals surface area contributed by atoms with E-state index in [4.69, 9.17) is 5.11 Å². The van der Waals surface area contributed by atoms with Gasteiger partial charge in [-0.3, -0.25) is 4.79 Å². The van der Waals surface area contributed by atoms with Gasteiger partial charge < -0.3 is 10.4 Å². The van der Waals surface area contributed by atoms with Crippen molar-refractivity contribution in [2.45, 2.75) is 37.3 Å². The Morgan fingerprint density at radius 1 is 1.40 bits per heavy atom. The van der Waals surface area contributed by atoms with Crippen molar-refractivity contribution in [3.05, 3.63) is 0 Å². The zero-order valence-corrected chi connectivity index (χ0v) is 11.5. The first-order chi connectivity index (χ1) is 7.01. The summed E-state index contributed by atoms with van der Waals surface area (Å²) in [6, 6.07) is 0.0188. The zero-order valence-electron chi connectivity index (χ0n) is 9.82. The quantitative estimate of drug-likeness (QED) is 0.717. The Bertz CT molecular complexity index is 184. The third kappa shape index (κ3) is 7.09. The van der Waals surface area contributed by atoms with Crippen LogP contribution in [0.3, 0.4) is 0 Å². The molecule has 15 heavy (non-hydrogen) atoms. The van der Waals surface area contributed by atoms with E-state index in [-0.39, 0.29) is 23.8 Å². The Hall–Kier alpha value is 0.130. The van der Waals surface area contributed by atoms with Crippen LogP contribution in [-0.2, 0) is 4.79 Å². The van der Waals surface area contributed by atoms with Crippen molar-refractivity contribution in [2.75, 3.05) is 18.6 Å². The molecule has 1 amide bonds. The summed E-state index contributed by atoms with van der Waals surface area (Å²) in [6.07, 6.45) is 1.94. The molecular weight excluding hydrogens is 230 g/mol. The SMILES string of the molecule is CSC(CO)C(C)NC(=O)CSC(C)C. The van der Waals surface area contributed by atoms with Crippen molar-refractivity contribution in [2.24, 2.45) is 0 Å². The van der Waals surface area contributed by atoms with Crippen molar-refractivity contribution in [1.29, 1.82) is 0 Å². The maximum absolute atomic E-state index is 11.5. The van der Waals surface area contributed by atoms with Crippen LogP contribution >= 0.6 is 23.5 Å². The van der Waals surface area contributed by atoms with Crippen LogP contribution in [0.5, 0.6) is 0 Å². The smallest absolute Gasteiger partial charge is 0.230 e. The van der Waals surface area contributed by atoms with Gasteiger partial charge in [0.05, 0.1) is 12.4 Å². The van der Waals surface area contributed by atoms with Gasteiger partial charge in [-0.25, -0.2) is 0 Å². The number of carbonyl (C=O) groups is 1. The Morgan fingerprint density at radius 2 is 2.00 bits per heavy atom. The van der Waals surface area contributed by atoms with Gasteiger partial charge in [0.2, 0.25) is 5.91 Å². The summed E-state index contributed by atoms with van der Waals surface area (Å²) >= 11 is 3.20. The predicted molar refractivity (Wildman–Crippen MR) is 69.6 cm³/mol. The maximum atomic E-state index is 11.5. The molecule has 0 spiro atoms. The topological polar surface area (TPSA) is 49.3 Å². The van der Waals surface area contributed by atoms with E-state index >= 15 is 0 Å². The summed E-state index contributed by atoms with van der Waals surface area (Å²) in [5, 5.41) is 12.5. The number of hydrogen-bond donors (Lipinski definition) is 2. The van der Waals surface area contributed by atoms with E-state index in [2.05, 4.69) is 19.2 Å². The number of rotatable bonds is 7. The highest BCUT2D eigenvalue weighted by Crippen LogP contribution is 2.11. The van der Waals surface area contributed by atoms with E-state index in [1.54, 1.807) is 23.5 Å². The molecular formula is C10H21NO2S2. The molecule has 0 aliphatic heterocycles. The van der Waals surface area contributed by atoms with Gasteiger partial charge in [-0.2, -0.15) is 11.8 Å². The van der Waals surface area contributed by atoms with E-state index in [1.807, 2.05) is 13.2 Å². The minimum atomic E-state index is 0.0188. The second-order valence-electron chi connectivity index (χ2n) is 3.67. The monoisotopic (exact) mass is 251 g/mol. The summed E-state index contributed by atoms with van der Waals surface area (Å²) in [5.74, 6) is 0.544. The van der Waals surface area contributed by atoms with Gasteiger partial charge >= 0.3 is 0 Å². The van der Waals surface area contributed by atoms with Gasteiger partial charge in [-0.15, -0.1) is 11.8 Å². The molecule has 0 saturated carbocycles. The van der Waals surface area contributed by atoms with Gasteiger partial charge in [0.25, 0.3) is 0 Å². The van der Waals surface area contributed by atoms with Crippen LogP contribution in [0.15, 0.2) is 0 Å². The molecule has 2 atom stereocenters. The van der Waals surface area contributed by atoms with Gasteiger partial charge in [-0.1, -0.05) is 13.8 Å². The molecule has 0 aromatic carbocycles. The van der Waals surface area contributed by atoms with Crippen LogP contribution in [0.4, 0.5) is 0 Å². The van der Waals surface area contributed by atoms with E-state index < -0.39 is 0 Å². The van der Waals surface area contributed by atoms with Crippen LogP contribution in [0.2, 0.25) is 0 Å². The number of thioether (sulfide) groups is 2. The van der Waals surface area contributed by atoms with Crippen molar-refractivity contribution < 1.29 is 9.90 Å². The van der Waals surface area contributed by atoms with E-state index in [1.165, 1.54) is 0 Å². The highest BCUT2D eigenvalue weighted by molar-refractivity contribution is 8.00. The molecule has 2 unspecified atom stereocenters. The molecule has 2 N–H and O–H groups in total. The lowest BCUT2D eigenvalue weighted by molar-refractivity contribution is -0.119. The summed E-state index contributed by atoms with van der Waals surface area (Å²) in [4.78, 5) is 11.5. The minimum Gasteiger partial charge on any atom is -0.395 e. The van der Waals surface area contributed by atoms with Crippen molar-refractivity contribution in [1.82, 2.24) is 5.32 Å². The molecule has 90 valence electrons. The van der Waals surface area contributed by atoms with Crippen LogP contribution in [0.1, 0.15) is 20.8 Å². The average molecular weight is 251 g/mol. The maximum Gasteiger partial charge on any atom is 0.230 e. The first-order valence-electron chi connectivity index (χ1n) is 5.05. The number of amides is 1. The molecule has 0 aliphatic carbocycles. The van der Waals surface area contributed by atoms with Crippen molar-refractivity contribution in [3.8, 4) is 0 Å². The molecule has 0 heterocycles. The number of nitrogens with one attached hydrogen (secondary N) is 1. The third-order valence-corrected chi connectivity index (χ3v) is 4.24. The fourth-order valence-corrected chi connectivity index (χ4v) is 2.26. The van der Waals surface area contributed by atoms with Crippen LogP contribution in [0.25, 0.3) is 0 Å². The Kier molecular flexibility index (Phi) is 8.37. The molecule has 0 aliphatic rings. The summed E-state index contributed by atoms with van der Waals surface area (Å²) in [5.41, 5.74) is 0. The Morgan fingerprint density at radius 3 is 2.40 bits per heavy atom. The van der Waals surface area contributed by atoms with E-state index in [9.17, 15) is 4.79 Å². The number of carbonyl (C=O) groups excluding carboxylic acids is 1. The molecule has 0 rings (SSSR count). The fourth-order valence-electron chi connectivity index (χ4n) is 1.07. The summed E-state index contributed by atoms with van der Waals surface area (Å²) < 4.78 is 0. The van der Waals surface area contributed by atoms with Crippen LogP contribution in [0, 0.1) is 0 Å². The van der Waals surface area contributed by atoms with E-state index in [0.717, 1.165) is 0 Å². The lowest BCUT2D eigenvalue weighted by Gasteiger charge is -2.21. The minimum absolute atomic E-state index is 0.0188. The summed E-state index contributed by atoms with van der Waals surface area (Å²) in [6.45, 7) is 6.16. The molecule has 0 fully saturated rings.